The van der Waals surface area contributed by atoms with Crippen LogP contribution in [0.1, 0.15) is 5.56 Å². The normalized spacial score (nSPS) is 12.4. The number of hydrogen-bond donors (Lipinski definition) is 1. The molecule has 0 radical (unpaired) electrons. The van der Waals surface area contributed by atoms with Crippen molar-refractivity contribution in [1.82, 2.24) is 5.32 Å². The summed E-state index contributed by atoms with van der Waals surface area (Å²) in [4.78, 5) is 1.18. The predicted molar refractivity (Wildman–Crippen MR) is 87.8 cm³/mol. The first-order valence-electron chi connectivity index (χ1n) is 6.58. The van der Waals surface area contributed by atoms with E-state index in [1.807, 2.05) is 19.2 Å². The van der Waals surface area contributed by atoms with Gasteiger partial charge in [0.25, 0.3) is 0 Å². The van der Waals surface area contributed by atoms with Gasteiger partial charge in [-0.3, -0.25) is 0 Å². The molecule has 5 heteroatoms. The van der Waals surface area contributed by atoms with Crippen molar-refractivity contribution in [3.05, 3.63) is 64.1 Å². The van der Waals surface area contributed by atoms with E-state index in [1.165, 1.54) is 17.0 Å². The third kappa shape index (κ3) is 5.09. The maximum Gasteiger partial charge on any atom is 0.159 e. The number of nitrogens with one attached hydrogen (secondary N) is 1. The van der Waals surface area contributed by atoms with Crippen molar-refractivity contribution in [1.29, 1.82) is 0 Å². The summed E-state index contributed by atoms with van der Waals surface area (Å²) in [6.45, 7) is 0. The van der Waals surface area contributed by atoms with Crippen LogP contribution in [0.4, 0.5) is 8.78 Å². The Hall–Kier alpha value is -0.910. The van der Waals surface area contributed by atoms with E-state index in [0.717, 1.165) is 15.8 Å². The highest BCUT2D eigenvalue weighted by atomic mass is 79.9. The first-order valence-corrected chi connectivity index (χ1v) is 8.36. The molecule has 1 unspecified atom stereocenters. The van der Waals surface area contributed by atoms with E-state index in [-0.39, 0.29) is 6.04 Å². The van der Waals surface area contributed by atoms with E-state index in [4.69, 9.17) is 0 Å². The maximum atomic E-state index is 13.2. The molecule has 1 nitrogen and oxygen atoms in total. The molecule has 0 aliphatic heterocycles. The van der Waals surface area contributed by atoms with Gasteiger partial charge in [0.05, 0.1) is 0 Å². The van der Waals surface area contributed by atoms with Crippen molar-refractivity contribution in [2.24, 2.45) is 0 Å². The SMILES string of the molecule is CNC(CSc1cccc(Br)c1)Cc1ccc(F)c(F)c1. The molecule has 2 aromatic carbocycles. The second kappa shape index (κ2) is 7.92. The Morgan fingerprint density at radius 1 is 1.14 bits per heavy atom. The maximum absolute atomic E-state index is 13.2. The quantitative estimate of drug-likeness (QED) is 0.741. The van der Waals surface area contributed by atoms with Crippen LogP contribution < -0.4 is 5.32 Å². The van der Waals surface area contributed by atoms with Crippen molar-refractivity contribution >= 4 is 27.7 Å². The number of thioether (sulfide) groups is 1. The van der Waals surface area contributed by atoms with Crippen LogP contribution in [0.15, 0.2) is 51.8 Å². The highest BCUT2D eigenvalue weighted by Gasteiger charge is 2.10. The Bertz CT molecular complexity index is 607. The average Bonchev–Trinajstić information content (AvgIpc) is 2.47. The van der Waals surface area contributed by atoms with E-state index in [9.17, 15) is 8.78 Å². The highest BCUT2D eigenvalue weighted by molar-refractivity contribution is 9.10. The second-order valence-corrected chi connectivity index (χ2v) is 6.72. The van der Waals surface area contributed by atoms with Crippen LogP contribution in [-0.4, -0.2) is 18.8 Å². The van der Waals surface area contributed by atoms with Crippen LogP contribution in [0.5, 0.6) is 0 Å². The molecule has 112 valence electrons. The summed E-state index contributed by atoms with van der Waals surface area (Å²) in [6.07, 6.45) is 0.661. The van der Waals surface area contributed by atoms with Gasteiger partial charge in [0, 0.05) is 21.2 Å². The van der Waals surface area contributed by atoms with E-state index in [0.29, 0.717) is 6.42 Å². The standard InChI is InChI=1S/C16H16BrF2NS/c1-20-13(7-11-5-6-15(18)16(19)8-11)10-21-14-4-2-3-12(17)9-14/h2-6,8-9,13,20H,7,10H2,1H3. The summed E-state index contributed by atoms with van der Waals surface area (Å²) in [5, 5.41) is 3.22. The first kappa shape index (κ1) is 16.5. The number of likely N-dealkylation sites (N-methyl/N-ethyl adjacent to an activating group) is 1. The van der Waals surface area contributed by atoms with Crippen molar-refractivity contribution in [3.8, 4) is 0 Å². The van der Waals surface area contributed by atoms with E-state index in [1.54, 1.807) is 17.8 Å². The first-order chi connectivity index (χ1) is 10.1. The summed E-state index contributed by atoms with van der Waals surface area (Å²) in [5.41, 5.74) is 0.795. The van der Waals surface area contributed by atoms with E-state index >= 15 is 0 Å². The Balaban J connectivity index is 1.95. The lowest BCUT2D eigenvalue weighted by molar-refractivity contribution is 0.505. The Labute approximate surface area is 136 Å². The van der Waals surface area contributed by atoms with E-state index < -0.39 is 11.6 Å². The molecule has 0 spiro atoms. The number of halogens is 3. The number of benzene rings is 2. The highest BCUT2D eigenvalue weighted by Crippen LogP contribution is 2.23. The largest absolute Gasteiger partial charge is 0.316 e. The molecule has 0 aromatic heterocycles. The smallest absolute Gasteiger partial charge is 0.159 e. The Morgan fingerprint density at radius 2 is 1.95 bits per heavy atom. The van der Waals surface area contributed by atoms with Gasteiger partial charge in [0.2, 0.25) is 0 Å². The van der Waals surface area contributed by atoms with E-state index in [2.05, 4.69) is 33.4 Å². The molecular formula is C16H16BrF2NS. The fourth-order valence-corrected chi connectivity index (χ4v) is 3.56. The van der Waals surface area contributed by atoms with Gasteiger partial charge in [-0.25, -0.2) is 8.78 Å². The van der Waals surface area contributed by atoms with Gasteiger partial charge in [-0.1, -0.05) is 28.1 Å². The fourth-order valence-electron chi connectivity index (χ4n) is 1.95. The van der Waals surface area contributed by atoms with Gasteiger partial charge in [-0.15, -0.1) is 11.8 Å². The third-order valence-corrected chi connectivity index (χ3v) is 4.77. The molecule has 1 atom stereocenters. The zero-order chi connectivity index (χ0) is 15.2. The molecule has 1 N–H and O–H groups in total. The van der Waals surface area contributed by atoms with Crippen molar-refractivity contribution in [2.45, 2.75) is 17.4 Å². The lowest BCUT2D eigenvalue weighted by Crippen LogP contribution is -2.30. The number of hydrogen-bond acceptors (Lipinski definition) is 2. The van der Waals surface area contributed by atoms with Crippen molar-refractivity contribution < 1.29 is 8.78 Å². The zero-order valence-electron chi connectivity index (χ0n) is 11.6. The molecule has 0 fully saturated rings. The lowest BCUT2D eigenvalue weighted by Gasteiger charge is -2.16. The van der Waals surface area contributed by atoms with Gasteiger partial charge >= 0.3 is 0 Å². The van der Waals surface area contributed by atoms with Crippen molar-refractivity contribution in [3.63, 3.8) is 0 Å². The van der Waals surface area contributed by atoms with Crippen LogP contribution in [0.2, 0.25) is 0 Å². The molecule has 0 saturated carbocycles. The predicted octanol–water partition coefficient (Wildman–Crippen LogP) is 4.65. The molecule has 0 aliphatic rings. The molecule has 21 heavy (non-hydrogen) atoms. The molecule has 0 aliphatic carbocycles. The van der Waals surface area contributed by atoms with Crippen molar-refractivity contribution in [2.75, 3.05) is 12.8 Å². The van der Waals surface area contributed by atoms with Gasteiger partial charge < -0.3 is 5.32 Å². The summed E-state index contributed by atoms with van der Waals surface area (Å²) >= 11 is 5.18. The summed E-state index contributed by atoms with van der Waals surface area (Å²) in [7, 11) is 1.88. The molecular weight excluding hydrogens is 356 g/mol. The Morgan fingerprint density at radius 3 is 2.62 bits per heavy atom. The third-order valence-electron chi connectivity index (χ3n) is 3.12. The molecule has 0 saturated heterocycles. The van der Waals surface area contributed by atoms with Crippen LogP contribution in [0, 0.1) is 11.6 Å². The van der Waals surface area contributed by atoms with Crippen LogP contribution in [0.3, 0.4) is 0 Å². The van der Waals surface area contributed by atoms with Crippen LogP contribution >= 0.6 is 27.7 Å². The van der Waals surface area contributed by atoms with Crippen LogP contribution in [0.25, 0.3) is 0 Å². The topological polar surface area (TPSA) is 12.0 Å². The van der Waals surface area contributed by atoms with Gasteiger partial charge in [0.1, 0.15) is 0 Å². The van der Waals surface area contributed by atoms with Gasteiger partial charge in [0.15, 0.2) is 11.6 Å². The lowest BCUT2D eigenvalue weighted by atomic mass is 10.1. The molecule has 0 heterocycles. The van der Waals surface area contributed by atoms with Gasteiger partial charge in [-0.2, -0.15) is 0 Å². The minimum atomic E-state index is -0.803. The summed E-state index contributed by atoms with van der Waals surface area (Å²) < 4.78 is 27.2. The monoisotopic (exact) mass is 371 g/mol. The molecule has 0 bridgehead atoms. The van der Waals surface area contributed by atoms with Crippen LogP contribution in [-0.2, 0) is 6.42 Å². The fraction of sp³-hybridized carbons (Fsp3) is 0.250. The molecule has 2 aromatic rings. The molecule has 2 rings (SSSR count). The Kier molecular flexibility index (Phi) is 6.21. The van der Waals surface area contributed by atoms with Gasteiger partial charge in [-0.05, 0) is 49.4 Å². The summed E-state index contributed by atoms with van der Waals surface area (Å²) in [5.74, 6) is -0.739. The minimum absolute atomic E-state index is 0.193. The molecule has 0 amide bonds. The summed E-state index contributed by atoms with van der Waals surface area (Å²) in [6, 6.07) is 12.4. The average molecular weight is 372 g/mol. The number of rotatable bonds is 6. The second-order valence-electron chi connectivity index (χ2n) is 4.71. The minimum Gasteiger partial charge on any atom is -0.316 e. The zero-order valence-corrected chi connectivity index (χ0v) is 14.0.